The zero-order chi connectivity index (χ0) is 13.9. The Morgan fingerprint density at radius 3 is 2.32 bits per heavy atom. The summed E-state index contributed by atoms with van der Waals surface area (Å²) in [5, 5.41) is 3.17. The number of benzene rings is 1. The highest BCUT2D eigenvalue weighted by Crippen LogP contribution is 2.28. The number of ether oxygens (including phenoxy) is 1. The average molecular weight is 261 g/mol. The van der Waals surface area contributed by atoms with Crippen LogP contribution in [0.5, 0.6) is 5.75 Å². The molecule has 3 heteroatoms. The van der Waals surface area contributed by atoms with Crippen LogP contribution in [-0.2, 0) is 10.3 Å². The molecule has 3 nitrogen and oxygen atoms in total. The van der Waals surface area contributed by atoms with Gasteiger partial charge in [-0.1, -0.05) is 25.0 Å². The number of methoxy groups -OCH3 is 1. The largest absolute Gasteiger partial charge is 0.497 e. The van der Waals surface area contributed by atoms with E-state index in [4.69, 9.17) is 4.74 Å². The van der Waals surface area contributed by atoms with E-state index in [1.807, 2.05) is 38.1 Å². The highest BCUT2D eigenvalue weighted by Gasteiger charge is 2.28. The molecule has 1 aromatic carbocycles. The molecule has 1 saturated carbocycles. The van der Waals surface area contributed by atoms with Crippen molar-refractivity contribution in [2.24, 2.45) is 5.92 Å². The van der Waals surface area contributed by atoms with Gasteiger partial charge in [-0.15, -0.1) is 0 Å². The van der Waals surface area contributed by atoms with E-state index in [0.717, 1.165) is 24.2 Å². The van der Waals surface area contributed by atoms with Crippen LogP contribution in [0, 0.1) is 5.92 Å². The van der Waals surface area contributed by atoms with E-state index >= 15 is 0 Å². The lowest BCUT2D eigenvalue weighted by Gasteiger charge is -2.28. The average Bonchev–Trinajstić information content (AvgIpc) is 2.92. The van der Waals surface area contributed by atoms with Crippen LogP contribution in [0.25, 0.3) is 0 Å². The molecule has 0 saturated heterocycles. The summed E-state index contributed by atoms with van der Waals surface area (Å²) in [6, 6.07) is 7.87. The summed E-state index contributed by atoms with van der Waals surface area (Å²) in [5.41, 5.74) is 0.756. The maximum Gasteiger partial charge on any atom is 0.223 e. The molecule has 0 spiro atoms. The van der Waals surface area contributed by atoms with E-state index in [1.165, 1.54) is 12.8 Å². The molecule has 1 aromatic rings. The molecule has 1 N–H and O–H groups in total. The molecule has 0 aliphatic heterocycles. The molecule has 0 atom stereocenters. The summed E-state index contributed by atoms with van der Waals surface area (Å²) >= 11 is 0. The molecular formula is C16H23NO2. The Morgan fingerprint density at radius 1 is 1.21 bits per heavy atom. The normalized spacial score (nSPS) is 16.4. The van der Waals surface area contributed by atoms with Gasteiger partial charge in [-0.3, -0.25) is 4.79 Å². The van der Waals surface area contributed by atoms with E-state index in [1.54, 1.807) is 7.11 Å². The van der Waals surface area contributed by atoms with Crippen molar-refractivity contribution >= 4 is 5.91 Å². The molecule has 1 aliphatic rings. The third-order valence-electron chi connectivity index (χ3n) is 3.97. The third kappa shape index (κ3) is 3.28. The molecule has 2 rings (SSSR count). The molecule has 0 radical (unpaired) electrons. The number of hydrogen-bond donors (Lipinski definition) is 1. The van der Waals surface area contributed by atoms with Gasteiger partial charge in [-0.25, -0.2) is 0 Å². The minimum Gasteiger partial charge on any atom is -0.497 e. The number of carbonyl (C=O) groups excluding carboxylic acids is 1. The second-order valence-corrected chi connectivity index (χ2v) is 5.82. The minimum atomic E-state index is -0.341. The van der Waals surface area contributed by atoms with Crippen LogP contribution in [0.2, 0.25) is 0 Å². The zero-order valence-electron chi connectivity index (χ0n) is 12.0. The highest BCUT2D eigenvalue weighted by atomic mass is 16.5. The van der Waals surface area contributed by atoms with Crippen molar-refractivity contribution in [3.8, 4) is 5.75 Å². The topological polar surface area (TPSA) is 38.3 Å². The maximum atomic E-state index is 12.2. The van der Waals surface area contributed by atoms with Crippen molar-refractivity contribution in [1.29, 1.82) is 0 Å². The lowest BCUT2D eigenvalue weighted by molar-refractivity contribution is -0.126. The number of hydrogen-bond acceptors (Lipinski definition) is 2. The molecule has 1 amide bonds. The second-order valence-electron chi connectivity index (χ2n) is 5.82. The highest BCUT2D eigenvalue weighted by molar-refractivity contribution is 5.79. The predicted octanol–water partition coefficient (Wildman–Crippen LogP) is 3.24. The zero-order valence-corrected chi connectivity index (χ0v) is 12.0. The Balaban J connectivity index is 2.05. The summed E-state index contributed by atoms with van der Waals surface area (Å²) in [5.74, 6) is 1.23. The third-order valence-corrected chi connectivity index (χ3v) is 3.97. The van der Waals surface area contributed by atoms with Gasteiger partial charge in [0, 0.05) is 5.92 Å². The van der Waals surface area contributed by atoms with Crippen molar-refractivity contribution in [3.63, 3.8) is 0 Å². The Bertz CT molecular complexity index is 431. The summed E-state index contributed by atoms with van der Waals surface area (Å²) in [6.07, 6.45) is 4.43. The van der Waals surface area contributed by atoms with E-state index in [9.17, 15) is 4.79 Å². The molecule has 0 bridgehead atoms. The summed E-state index contributed by atoms with van der Waals surface area (Å²) in [4.78, 5) is 12.2. The van der Waals surface area contributed by atoms with Crippen molar-refractivity contribution in [2.45, 2.75) is 45.1 Å². The van der Waals surface area contributed by atoms with Gasteiger partial charge < -0.3 is 10.1 Å². The van der Waals surface area contributed by atoms with Crippen LogP contribution in [0.4, 0.5) is 0 Å². The van der Waals surface area contributed by atoms with Crippen molar-refractivity contribution < 1.29 is 9.53 Å². The Hall–Kier alpha value is -1.51. The first-order valence-corrected chi connectivity index (χ1v) is 6.99. The van der Waals surface area contributed by atoms with Gasteiger partial charge in [-0.05, 0) is 44.4 Å². The summed E-state index contributed by atoms with van der Waals surface area (Å²) in [6.45, 7) is 4.09. The molecule has 0 heterocycles. The first kappa shape index (κ1) is 13.9. The Kier molecular flexibility index (Phi) is 4.13. The molecule has 1 aliphatic carbocycles. The van der Waals surface area contributed by atoms with Crippen molar-refractivity contribution in [3.05, 3.63) is 29.8 Å². The van der Waals surface area contributed by atoms with E-state index in [2.05, 4.69) is 5.32 Å². The van der Waals surface area contributed by atoms with Crippen LogP contribution in [0.1, 0.15) is 45.1 Å². The van der Waals surface area contributed by atoms with Crippen LogP contribution in [0.15, 0.2) is 24.3 Å². The summed E-state index contributed by atoms with van der Waals surface area (Å²) < 4.78 is 5.16. The Morgan fingerprint density at radius 2 is 1.79 bits per heavy atom. The van der Waals surface area contributed by atoms with Crippen LogP contribution < -0.4 is 10.1 Å². The Labute approximate surface area is 115 Å². The van der Waals surface area contributed by atoms with Gasteiger partial charge in [0.1, 0.15) is 5.75 Å². The van der Waals surface area contributed by atoms with E-state index in [0.29, 0.717) is 0 Å². The van der Waals surface area contributed by atoms with Gasteiger partial charge >= 0.3 is 0 Å². The molecule has 1 fully saturated rings. The molecule has 0 unspecified atom stereocenters. The minimum absolute atomic E-state index is 0.193. The van der Waals surface area contributed by atoms with Gasteiger partial charge in [-0.2, -0.15) is 0 Å². The summed E-state index contributed by atoms with van der Waals surface area (Å²) in [7, 11) is 1.65. The number of carbonyl (C=O) groups is 1. The van der Waals surface area contributed by atoms with E-state index < -0.39 is 0 Å². The van der Waals surface area contributed by atoms with Crippen LogP contribution >= 0.6 is 0 Å². The maximum absolute atomic E-state index is 12.2. The van der Waals surface area contributed by atoms with Crippen LogP contribution in [-0.4, -0.2) is 13.0 Å². The standard InChI is InChI=1S/C16H23NO2/c1-16(2,13-8-10-14(19-3)11-9-13)17-15(18)12-6-4-5-7-12/h8-12H,4-7H2,1-3H3,(H,17,18). The number of rotatable bonds is 4. The van der Waals surface area contributed by atoms with E-state index in [-0.39, 0.29) is 17.4 Å². The molecule has 19 heavy (non-hydrogen) atoms. The fraction of sp³-hybridized carbons (Fsp3) is 0.562. The van der Waals surface area contributed by atoms with Crippen molar-refractivity contribution in [1.82, 2.24) is 5.32 Å². The quantitative estimate of drug-likeness (QED) is 0.903. The van der Waals surface area contributed by atoms with Crippen LogP contribution in [0.3, 0.4) is 0 Å². The van der Waals surface area contributed by atoms with Gasteiger partial charge in [0.25, 0.3) is 0 Å². The SMILES string of the molecule is COc1ccc(C(C)(C)NC(=O)C2CCCC2)cc1. The first-order chi connectivity index (χ1) is 9.03. The lowest BCUT2D eigenvalue weighted by atomic mass is 9.93. The number of nitrogens with one attached hydrogen (secondary N) is 1. The monoisotopic (exact) mass is 261 g/mol. The fourth-order valence-corrected chi connectivity index (χ4v) is 2.68. The van der Waals surface area contributed by atoms with Crippen molar-refractivity contribution in [2.75, 3.05) is 7.11 Å². The van der Waals surface area contributed by atoms with Gasteiger partial charge in [0.15, 0.2) is 0 Å². The van der Waals surface area contributed by atoms with Gasteiger partial charge in [0.2, 0.25) is 5.91 Å². The molecule has 0 aromatic heterocycles. The first-order valence-electron chi connectivity index (χ1n) is 6.99. The fourth-order valence-electron chi connectivity index (χ4n) is 2.68. The lowest BCUT2D eigenvalue weighted by Crippen LogP contribution is -2.43. The van der Waals surface area contributed by atoms with Gasteiger partial charge in [0.05, 0.1) is 12.6 Å². The second kappa shape index (κ2) is 5.64. The smallest absolute Gasteiger partial charge is 0.223 e. The number of amides is 1. The predicted molar refractivity (Wildman–Crippen MR) is 76.1 cm³/mol. The molecular weight excluding hydrogens is 238 g/mol. The molecule has 104 valence electrons.